The zero-order chi connectivity index (χ0) is 44.0. The molecule has 1 aromatic heterocycles. The molecular weight excluding hydrogens is 809 g/mol. The zero-order valence-electron chi connectivity index (χ0n) is 38.5. The number of hydrogen-bond donors (Lipinski definition) is 0. The molecule has 13 heteroatoms. The van der Waals surface area contributed by atoms with Crippen LogP contribution in [0.1, 0.15) is 113 Å². The van der Waals surface area contributed by atoms with Gasteiger partial charge in [0.2, 0.25) is 0 Å². The summed E-state index contributed by atoms with van der Waals surface area (Å²) in [6.45, 7) is 10.3. The van der Waals surface area contributed by atoms with Crippen molar-refractivity contribution in [2.24, 2.45) is 23.7 Å². The molecule has 2 aromatic rings. The predicted octanol–water partition coefficient (Wildman–Crippen LogP) is 8.00. The second kappa shape index (κ2) is 19.5. The van der Waals surface area contributed by atoms with Gasteiger partial charge in [0, 0.05) is 61.5 Å². The summed E-state index contributed by atoms with van der Waals surface area (Å²) in [6.07, 6.45) is 5.39. The summed E-state index contributed by atoms with van der Waals surface area (Å²) in [4.78, 5) is 38.2. The van der Waals surface area contributed by atoms with Crippen LogP contribution < -0.4 is 0 Å². The Bertz CT molecular complexity index is 1900. The Morgan fingerprint density at radius 2 is 1.60 bits per heavy atom. The first-order valence-corrected chi connectivity index (χ1v) is 24.0. The highest BCUT2D eigenvalue weighted by atomic mass is 32.1. The van der Waals surface area contributed by atoms with Crippen molar-refractivity contribution < 1.29 is 47.5 Å². The highest BCUT2D eigenvalue weighted by Gasteiger charge is 2.57. The fourth-order valence-electron chi connectivity index (χ4n) is 11.9. The van der Waals surface area contributed by atoms with Crippen molar-refractivity contribution in [3.8, 4) is 10.6 Å². The molecule has 3 aliphatic heterocycles. The first kappa shape index (κ1) is 46.0. The van der Waals surface area contributed by atoms with Gasteiger partial charge in [-0.1, -0.05) is 49.8 Å². The summed E-state index contributed by atoms with van der Waals surface area (Å²) < 4.78 is 50.6. The number of likely N-dealkylation sites (N-methyl/N-ethyl adjacent to an activating group) is 1. The van der Waals surface area contributed by atoms with Gasteiger partial charge in [0.25, 0.3) is 0 Å². The maximum atomic E-state index is 15.2. The van der Waals surface area contributed by atoms with E-state index in [0.29, 0.717) is 12.5 Å². The second-order valence-corrected chi connectivity index (χ2v) is 20.2. The summed E-state index contributed by atoms with van der Waals surface area (Å²) in [6, 6.07) is 8.84. The molecule has 3 saturated heterocycles. The highest BCUT2D eigenvalue weighted by molar-refractivity contribution is 7.15. The average Bonchev–Trinajstić information content (AvgIpc) is 3.97. The molecule has 0 amide bonds. The average molecular weight is 879 g/mol. The number of hydrogen-bond acceptors (Lipinski definition) is 13. The monoisotopic (exact) mass is 878 g/mol. The standard InChI is InChI=1S/C49H70N2O10S/c1-11-30-13-12-14-38(61-40-20-19-37(51(6)7)27(4)57-40)26(3)43(53)35-23-33-32-21-31(60-49-46(56-10)45(55-9)44(54-8)28(5)58-49)22-36(32)47-42(41(33)34(35)24-39(52)59-30)50-48(62-47)29-17-15-25(2)16-18-29/h15-18,23,26-28,30-34,36-38,40-41,44-46,49H,11-14,19-22,24H2,1-10H3/t26-,27-,28+,30+,31+,32+,33+,34-,36-,37+,38+,40+,41-,44+,45-,46-,49+/m1/s1. The van der Waals surface area contributed by atoms with Gasteiger partial charge in [0.1, 0.15) is 29.4 Å². The quantitative estimate of drug-likeness (QED) is 0.215. The lowest BCUT2D eigenvalue weighted by Crippen LogP contribution is -2.59. The summed E-state index contributed by atoms with van der Waals surface area (Å²) in [5.41, 5.74) is 3.98. The van der Waals surface area contributed by atoms with Crippen LogP contribution in [0.2, 0.25) is 0 Å². The fraction of sp³-hybridized carbons (Fsp3) is 0.735. The first-order chi connectivity index (χ1) is 29.8. The van der Waals surface area contributed by atoms with Gasteiger partial charge >= 0.3 is 5.97 Å². The smallest absolute Gasteiger partial charge is 0.306 e. The van der Waals surface area contributed by atoms with Gasteiger partial charge in [-0.05, 0) is 104 Å². The van der Waals surface area contributed by atoms with E-state index >= 15 is 4.79 Å². The van der Waals surface area contributed by atoms with Crippen LogP contribution in [0.4, 0.5) is 0 Å². The van der Waals surface area contributed by atoms with E-state index < -0.39 is 18.3 Å². The van der Waals surface area contributed by atoms with E-state index in [1.807, 2.05) is 13.8 Å². The van der Waals surface area contributed by atoms with Crippen LogP contribution in [0.25, 0.3) is 10.6 Å². The van der Waals surface area contributed by atoms with Crippen molar-refractivity contribution in [1.29, 1.82) is 0 Å². The molecule has 6 aliphatic rings. The number of carbonyl (C=O) groups is 2. The first-order valence-electron chi connectivity index (χ1n) is 23.2. The van der Waals surface area contributed by atoms with E-state index in [9.17, 15) is 4.79 Å². The molecule has 4 heterocycles. The number of ether oxygens (including phenoxy) is 8. The molecule has 62 heavy (non-hydrogen) atoms. The maximum absolute atomic E-state index is 15.2. The minimum atomic E-state index is -0.654. The number of methoxy groups -OCH3 is 3. The van der Waals surface area contributed by atoms with E-state index in [1.54, 1.807) is 32.7 Å². The lowest BCUT2D eigenvalue weighted by molar-refractivity contribution is -0.314. The Kier molecular flexibility index (Phi) is 14.4. The number of ketones is 1. The van der Waals surface area contributed by atoms with Gasteiger partial charge in [-0.25, -0.2) is 4.98 Å². The number of carbonyl (C=O) groups excluding carboxylic acids is 2. The van der Waals surface area contributed by atoms with E-state index in [2.05, 4.69) is 70.1 Å². The minimum absolute atomic E-state index is 0.0105. The van der Waals surface area contributed by atoms with Gasteiger partial charge in [-0.3, -0.25) is 9.59 Å². The van der Waals surface area contributed by atoms with Gasteiger partial charge in [0.15, 0.2) is 18.4 Å². The molecule has 8 rings (SSSR count). The third-order valence-corrected chi connectivity index (χ3v) is 16.4. The number of aromatic nitrogens is 1. The van der Waals surface area contributed by atoms with E-state index in [-0.39, 0.29) is 96.8 Å². The van der Waals surface area contributed by atoms with Crippen LogP contribution in [0.5, 0.6) is 0 Å². The third-order valence-electron chi connectivity index (χ3n) is 15.2. The number of aryl methyl sites for hydroxylation is 1. The number of allylic oxidation sites excluding steroid dienone is 2. The molecule has 1 saturated carbocycles. The number of esters is 1. The number of nitrogens with zero attached hydrogens (tertiary/aromatic N) is 2. The Balaban J connectivity index is 1.14. The van der Waals surface area contributed by atoms with Gasteiger partial charge in [-0.15, -0.1) is 11.3 Å². The lowest BCUT2D eigenvalue weighted by Gasteiger charge is -2.44. The summed E-state index contributed by atoms with van der Waals surface area (Å²) in [5, 5.41) is 0.956. The minimum Gasteiger partial charge on any atom is -0.462 e. The number of thiazole rings is 1. The van der Waals surface area contributed by atoms with Crippen LogP contribution in [0, 0.1) is 30.6 Å². The van der Waals surface area contributed by atoms with Gasteiger partial charge in [0.05, 0.1) is 36.5 Å². The summed E-state index contributed by atoms with van der Waals surface area (Å²) in [5.74, 6) is -0.892. The van der Waals surface area contributed by atoms with Crippen LogP contribution in [0.3, 0.4) is 0 Å². The van der Waals surface area contributed by atoms with Gasteiger partial charge in [-0.2, -0.15) is 0 Å². The van der Waals surface area contributed by atoms with E-state index in [1.165, 1.54) is 10.4 Å². The lowest BCUT2D eigenvalue weighted by atomic mass is 9.67. The molecule has 17 atom stereocenters. The van der Waals surface area contributed by atoms with E-state index in [0.717, 1.165) is 66.8 Å². The summed E-state index contributed by atoms with van der Waals surface area (Å²) >= 11 is 1.75. The molecule has 0 bridgehead atoms. The Hall–Kier alpha value is -2.59. The van der Waals surface area contributed by atoms with Crippen molar-refractivity contribution in [2.45, 2.75) is 172 Å². The number of rotatable bonds is 10. The molecule has 342 valence electrons. The second-order valence-electron chi connectivity index (χ2n) is 19.1. The molecule has 0 N–H and O–H groups in total. The molecule has 12 nitrogen and oxygen atoms in total. The van der Waals surface area contributed by atoms with Crippen molar-refractivity contribution in [2.75, 3.05) is 35.4 Å². The molecule has 0 spiro atoms. The molecular formula is C49H70N2O10S. The van der Waals surface area contributed by atoms with Crippen molar-refractivity contribution in [3.63, 3.8) is 0 Å². The van der Waals surface area contributed by atoms with Crippen molar-refractivity contribution in [1.82, 2.24) is 9.88 Å². The summed E-state index contributed by atoms with van der Waals surface area (Å²) in [7, 11) is 9.18. The number of Topliss-reactive ketones (excluding diaryl/α,β-unsaturated/α-hetero) is 1. The maximum Gasteiger partial charge on any atom is 0.306 e. The number of fused-ring (bicyclic) bond motifs is 8. The largest absolute Gasteiger partial charge is 0.462 e. The Labute approximate surface area is 372 Å². The van der Waals surface area contributed by atoms with Crippen LogP contribution in [-0.4, -0.2) is 125 Å². The molecule has 1 aromatic carbocycles. The van der Waals surface area contributed by atoms with Crippen molar-refractivity contribution >= 4 is 23.1 Å². The Morgan fingerprint density at radius 1 is 0.855 bits per heavy atom. The number of cyclic esters (lactones) is 1. The molecule has 0 unspecified atom stereocenters. The topological polar surface area (TPSA) is 124 Å². The van der Waals surface area contributed by atoms with Gasteiger partial charge < -0.3 is 42.8 Å². The zero-order valence-corrected chi connectivity index (χ0v) is 39.3. The molecule has 0 radical (unpaired) electrons. The van der Waals surface area contributed by atoms with Crippen molar-refractivity contribution in [3.05, 3.63) is 52.0 Å². The normalized spacial score (nSPS) is 40.1. The predicted molar refractivity (Wildman–Crippen MR) is 236 cm³/mol. The number of benzene rings is 1. The van der Waals surface area contributed by atoms with E-state index in [4.69, 9.17) is 42.9 Å². The Morgan fingerprint density at radius 3 is 2.27 bits per heavy atom. The van der Waals surface area contributed by atoms with Crippen LogP contribution in [0.15, 0.2) is 35.9 Å². The highest BCUT2D eigenvalue weighted by Crippen LogP contribution is 2.63. The third kappa shape index (κ3) is 9.01. The SMILES string of the molecule is CC[C@H]1CCC[C@H](O[C@H]2CC[C@H](N(C)C)[C@@H](C)O2)[C@@H](C)C(=O)C2=C[C@H]3[C@@H]4C[C@H](O[C@@H]5O[C@@H](C)[C@H](OC)[C@@H](OC)[C@H]5OC)C[C@H]4c4sc(-c5ccc(C)cc5)nc4[C@H]3[C@@H]2CC(=O)O1. The molecule has 4 fully saturated rings. The van der Waals surface area contributed by atoms with Crippen LogP contribution in [-0.2, 0) is 47.5 Å². The van der Waals surface area contributed by atoms with Crippen LogP contribution >= 0.6 is 11.3 Å². The molecule has 3 aliphatic carbocycles. The fourth-order valence-corrected chi connectivity index (χ4v) is 13.2.